The molecule has 2 aromatic carbocycles. The van der Waals surface area contributed by atoms with Gasteiger partial charge in [0.15, 0.2) is 0 Å². The number of anilines is 1. The molecule has 6 heteroatoms. The summed E-state index contributed by atoms with van der Waals surface area (Å²) in [5.74, 6) is 0.935. The smallest absolute Gasteiger partial charge is 0.338 e. The summed E-state index contributed by atoms with van der Waals surface area (Å²) < 4.78 is 11.2. The zero-order valence-electron chi connectivity index (χ0n) is 18.2. The number of rotatable bonds is 6. The van der Waals surface area contributed by atoms with Gasteiger partial charge in [-0.25, -0.2) is 4.79 Å². The van der Waals surface area contributed by atoms with Crippen molar-refractivity contribution in [3.63, 3.8) is 0 Å². The van der Waals surface area contributed by atoms with Gasteiger partial charge < -0.3 is 9.15 Å². The first-order chi connectivity index (χ1) is 15.4. The number of ether oxygens (including phenoxy) is 1. The molecule has 6 nitrogen and oxygen atoms in total. The molecule has 32 heavy (non-hydrogen) atoms. The van der Waals surface area contributed by atoms with E-state index in [1.54, 1.807) is 31.2 Å². The fraction of sp³-hybridized carbons (Fsp3) is 0.192. The minimum atomic E-state index is -0.340. The summed E-state index contributed by atoms with van der Waals surface area (Å²) in [6.07, 6.45) is 1.70. The lowest BCUT2D eigenvalue weighted by molar-refractivity contribution is -0.114. The highest BCUT2D eigenvalue weighted by Crippen LogP contribution is 2.27. The number of hydrogen-bond acceptors (Lipinski definition) is 5. The lowest BCUT2D eigenvalue weighted by Crippen LogP contribution is -2.21. The SMILES string of the molecule is CC1=NN(c2ccccc2)C(=O)/C1=C\c1ccc(-c2ccc(C(=O)OCC(C)C)cc2)o1. The quantitative estimate of drug-likeness (QED) is 0.380. The number of hydrogen-bond donors (Lipinski definition) is 0. The third kappa shape index (κ3) is 4.54. The van der Waals surface area contributed by atoms with Crippen molar-refractivity contribution in [3.05, 3.63) is 83.6 Å². The van der Waals surface area contributed by atoms with Crippen LogP contribution in [0.15, 0.2) is 81.8 Å². The summed E-state index contributed by atoms with van der Waals surface area (Å²) in [5.41, 5.74) is 3.14. The van der Waals surface area contributed by atoms with E-state index in [1.807, 2.05) is 62.4 Å². The highest BCUT2D eigenvalue weighted by Gasteiger charge is 2.28. The lowest BCUT2D eigenvalue weighted by Gasteiger charge is -2.10. The van der Waals surface area contributed by atoms with Gasteiger partial charge >= 0.3 is 5.97 Å². The number of amides is 1. The van der Waals surface area contributed by atoms with Gasteiger partial charge in [0.25, 0.3) is 5.91 Å². The Morgan fingerprint density at radius 1 is 1.06 bits per heavy atom. The minimum absolute atomic E-state index is 0.198. The van der Waals surface area contributed by atoms with Gasteiger partial charge in [-0.05, 0) is 55.3 Å². The first-order valence-electron chi connectivity index (χ1n) is 10.5. The number of furan rings is 1. The maximum Gasteiger partial charge on any atom is 0.338 e. The van der Waals surface area contributed by atoms with E-state index in [0.29, 0.717) is 40.7 Å². The number of carbonyl (C=O) groups is 2. The standard InChI is InChI=1S/C26H24N2O4/c1-17(2)16-31-26(30)20-11-9-19(10-12-20)24-14-13-22(32-24)15-23-18(3)27-28(25(23)29)21-7-5-4-6-8-21/h4-15,17H,16H2,1-3H3/b23-15-. The molecular formula is C26H24N2O4. The molecule has 162 valence electrons. The van der Waals surface area contributed by atoms with Crippen molar-refractivity contribution in [1.82, 2.24) is 0 Å². The summed E-state index contributed by atoms with van der Waals surface area (Å²) in [4.78, 5) is 24.9. The van der Waals surface area contributed by atoms with Gasteiger partial charge in [0.05, 0.1) is 29.1 Å². The second-order valence-corrected chi connectivity index (χ2v) is 7.97. The molecule has 0 aliphatic carbocycles. The van der Waals surface area contributed by atoms with Crippen LogP contribution in [0.3, 0.4) is 0 Å². The van der Waals surface area contributed by atoms with Crippen LogP contribution in [0.1, 0.15) is 36.9 Å². The molecule has 3 aromatic rings. The van der Waals surface area contributed by atoms with E-state index in [0.717, 1.165) is 5.56 Å². The molecule has 0 saturated carbocycles. The van der Waals surface area contributed by atoms with E-state index in [-0.39, 0.29) is 17.8 Å². The van der Waals surface area contributed by atoms with Gasteiger partial charge in [-0.15, -0.1) is 0 Å². The van der Waals surface area contributed by atoms with E-state index in [4.69, 9.17) is 9.15 Å². The Morgan fingerprint density at radius 3 is 2.47 bits per heavy atom. The first kappa shape index (κ1) is 21.3. The molecule has 0 N–H and O–H groups in total. The second-order valence-electron chi connectivity index (χ2n) is 7.97. The third-order valence-corrected chi connectivity index (χ3v) is 4.93. The van der Waals surface area contributed by atoms with Crippen LogP contribution in [-0.4, -0.2) is 24.2 Å². The topological polar surface area (TPSA) is 72.1 Å². The highest BCUT2D eigenvalue weighted by molar-refractivity contribution is 6.32. The summed E-state index contributed by atoms with van der Waals surface area (Å²) in [7, 11) is 0. The Hall–Kier alpha value is -3.93. The van der Waals surface area contributed by atoms with Crippen LogP contribution in [0.4, 0.5) is 5.69 Å². The summed E-state index contributed by atoms with van der Waals surface area (Å²) in [6.45, 7) is 6.17. The monoisotopic (exact) mass is 428 g/mol. The van der Waals surface area contributed by atoms with Gasteiger partial charge in [-0.3, -0.25) is 4.79 Å². The number of benzene rings is 2. The molecule has 0 spiro atoms. The molecule has 1 aliphatic heterocycles. The average molecular weight is 428 g/mol. The molecule has 0 fully saturated rings. The number of para-hydroxylation sites is 1. The second kappa shape index (κ2) is 9.06. The molecule has 2 heterocycles. The van der Waals surface area contributed by atoms with Gasteiger partial charge in [0, 0.05) is 5.56 Å². The molecule has 1 aromatic heterocycles. The van der Waals surface area contributed by atoms with Crippen LogP contribution >= 0.6 is 0 Å². The third-order valence-electron chi connectivity index (χ3n) is 4.93. The largest absolute Gasteiger partial charge is 0.462 e. The Labute approximate surface area is 186 Å². The summed E-state index contributed by atoms with van der Waals surface area (Å²) in [5, 5.41) is 5.77. The zero-order chi connectivity index (χ0) is 22.7. The predicted octanol–water partition coefficient (Wildman–Crippen LogP) is 5.57. The molecular weight excluding hydrogens is 404 g/mol. The Balaban J connectivity index is 1.49. The van der Waals surface area contributed by atoms with Gasteiger partial charge in [-0.2, -0.15) is 10.1 Å². The molecule has 1 aliphatic rings. The summed E-state index contributed by atoms with van der Waals surface area (Å²) >= 11 is 0. The Morgan fingerprint density at radius 2 is 1.78 bits per heavy atom. The van der Waals surface area contributed by atoms with E-state index in [1.165, 1.54) is 5.01 Å². The molecule has 4 rings (SSSR count). The van der Waals surface area contributed by atoms with E-state index in [9.17, 15) is 9.59 Å². The number of hydrazone groups is 1. The van der Waals surface area contributed by atoms with Crippen LogP contribution < -0.4 is 5.01 Å². The van der Waals surface area contributed by atoms with Crippen molar-refractivity contribution in [2.45, 2.75) is 20.8 Å². The Kier molecular flexibility index (Phi) is 6.03. The maximum atomic E-state index is 12.9. The molecule has 1 amide bonds. The van der Waals surface area contributed by atoms with Crippen LogP contribution in [0.2, 0.25) is 0 Å². The molecule has 0 saturated heterocycles. The maximum absolute atomic E-state index is 12.9. The van der Waals surface area contributed by atoms with Gasteiger partial charge in [0.2, 0.25) is 0 Å². The molecule has 0 bridgehead atoms. The highest BCUT2D eigenvalue weighted by atomic mass is 16.5. The number of esters is 1. The summed E-state index contributed by atoms with van der Waals surface area (Å²) in [6, 6.07) is 20.0. The first-order valence-corrected chi connectivity index (χ1v) is 10.5. The van der Waals surface area contributed by atoms with E-state index in [2.05, 4.69) is 5.10 Å². The van der Waals surface area contributed by atoms with Crippen LogP contribution in [0.5, 0.6) is 0 Å². The molecule has 0 unspecified atom stereocenters. The normalized spacial score (nSPS) is 14.9. The van der Waals surface area contributed by atoms with Crippen LogP contribution in [0, 0.1) is 5.92 Å². The minimum Gasteiger partial charge on any atom is -0.462 e. The number of carbonyl (C=O) groups excluding carboxylic acids is 2. The van der Waals surface area contributed by atoms with Crippen molar-refractivity contribution < 1.29 is 18.7 Å². The van der Waals surface area contributed by atoms with E-state index < -0.39 is 0 Å². The van der Waals surface area contributed by atoms with E-state index >= 15 is 0 Å². The fourth-order valence-electron chi connectivity index (χ4n) is 3.25. The van der Waals surface area contributed by atoms with Crippen LogP contribution in [0.25, 0.3) is 17.4 Å². The van der Waals surface area contributed by atoms with Gasteiger partial charge in [-0.1, -0.05) is 44.2 Å². The zero-order valence-corrected chi connectivity index (χ0v) is 18.2. The van der Waals surface area contributed by atoms with Gasteiger partial charge in [0.1, 0.15) is 11.5 Å². The van der Waals surface area contributed by atoms with Crippen LogP contribution in [-0.2, 0) is 9.53 Å². The molecule has 0 radical (unpaired) electrons. The lowest BCUT2D eigenvalue weighted by atomic mass is 10.1. The number of nitrogens with zero attached hydrogens (tertiary/aromatic N) is 2. The van der Waals surface area contributed by atoms with Crippen molar-refractivity contribution in [2.75, 3.05) is 11.6 Å². The van der Waals surface area contributed by atoms with Crippen molar-refractivity contribution in [3.8, 4) is 11.3 Å². The average Bonchev–Trinajstić information content (AvgIpc) is 3.38. The Bertz CT molecular complexity index is 1190. The van der Waals surface area contributed by atoms with Crippen molar-refractivity contribution in [1.29, 1.82) is 0 Å². The van der Waals surface area contributed by atoms with Crippen molar-refractivity contribution >= 4 is 29.4 Å². The van der Waals surface area contributed by atoms with Crippen molar-refractivity contribution in [2.24, 2.45) is 11.0 Å². The fourth-order valence-corrected chi connectivity index (χ4v) is 3.25. The predicted molar refractivity (Wildman–Crippen MR) is 124 cm³/mol. The molecule has 0 atom stereocenters.